The second-order valence-electron chi connectivity index (χ2n) is 18.7. The molecule has 3 aliphatic rings. The third kappa shape index (κ3) is 6.46. The molecule has 3 rings (SSSR count). The molecule has 0 saturated heterocycles. The van der Waals surface area contributed by atoms with Gasteiger partial charge < -0.3 is 50.9 Å². The van der Waals surface area contributed by atoms with Gasteiger partial charge in [0.25, 0.3) is 0 Å². The SMILES string of the molecule is CC(C)(C)C1=CC(C(C)(C)C)([C]([Ti+3])(C2(C(C)(C)C)C=C(C(C)(C)C)N=N2)C2(C(C)(C)C)C=C(C(C)(C)C)N=N2)N=N1.[Br-].[Br-].[Br-]. The normalized spacial score (nSPS) is 28.9. The Kier molecular flexibility index (Phi) is 12.6. The smallest absolute Gasteiger partial charge is 1.00 e. The van der Waals surface area contributed by atoms with Crippen molar-refractivity contribution in [3.63, 3.8) is 0 Å². The zero-order chi connectivity index (χ0) is 32.1. The van der Waals surface area contributed by atoms with Crippen molar-refractivity contribution in [2.45, 2.75) is 145 Å². The summed E-state index contributed by atoms with van der Waals surface area (Å²) in [5.41, 5.74) is -0.968. The quantitative estimate of drug-likeness (QED) is 0.392. The molecule has 3 atom stereocenters. The summed E-state index contributed by atoms with van der Waals surface area (Å²) in [6.45, 7) is 40.6. The van der Waals surface area contributed by atoms with E-state index in [0.717, 1.165) is 17.1 Å². The number of rotatable bonds is 3. The summed E-state index contributed by atoms with van der Waals surface area (Å²) in [5.74, 6) is 0. The summed E-state index contributed by atoms with van der Waals surface area (Å²) in [6, 6.07) is 0. The molecule has 0 bridgehead atoms. The van der Waals surface area contributed by atoms with Gasteiger partial charge in [-0.1, -0.05) is 0 Å². The van der Waals surface area contributed by atoms with Crippen LogP contribution in [0.2, 0.25) is 3.72 Å². The van der Waals surface area contributed by atoms with Gasteiger partial charge in [0.05, 0.1) is 0 Å². The minimum absolute atomic E-state index is 0. The maximum atomic E-state index is 5.41. The van der Waals surface area contributed by atoms with E-state index in [1.54, 1.807) is 0 Å². The summed E-state index contributed by atoms with van der Waals surface area (Å²) in [6.07, 6.45) is 7.10. The molecule has 44 heavy (non-hydrogen) atoms. The monoisotopic (exact) mass is 834 g/mol. The summed E-state index contributed by atoms with van der Waals surface area (Å²) in [5, 5.41) is 31.2. The third-order valence-electron chi connectivity index (χ3n) is 9.43. The van der Waals surface area contributed by atoms with Crippen LogP contribution in [0.15, 0.2) is 66.0 Å². The second kappa shape index (κ2) is 12.6. The van der Waals surface area contributed by atoms with Gasteiger partial charge in [-0.05, 0) is 0 Å². The molecule has 0 aromatic heterocycles. The first-order chi connectivity index (χ1) is 17.9. The molecule has 0 fully saturated rings. The van der Waals surface area contributed by atoms with Gasteiger partial charge in [-0.3, -0.25) is 0 Å². The maximum Gasteiger partial charge on any atom is -1.00 e. The van der Waals surface area contributed by atoms with Crippen molar-refractivity contribution in [2.24, 2.45) is 63.2 Å². The number of hydrogen-bond donors (Lipinski definition) is 0. The Morgan fingerprint density at radius 1 is 0.409 bits per heavy atom. The molecule has 0 N–H and O–H groups in total. The number of halogens is 3. The predicted molar refractivity (Wildman–Crippen MR) is 166 cm³/mol. The van der Waals surface area contributed by atoms with E-state index in [-0.39, 0.29) is 83.4 Å². The fourth-order valence-electron chi connectivity index (χ4n) is 6.47. The van der Waals surface area contributed by atoms with Crippen LogP contribution in [-0.2, 0) is 20.4 Å². The van der Waals surface area contributed by atoms with Crippen molar-refractivity contribution in [1.29, 1.82) is 0 Å². The minimum Gasteiger partial charge on any atom is -1.00 e. The van der Waals surface area contributed by atoms with E-state index in [4.69, 9.17) is 30.7 Å². The number of allylic oxidation sites excluding steroid dienone is 3. The first kappa shape index (κ1) is 44.2. The van der Waals surface area contributed by atoms with E-state index >= 15 is 0 Å². The van der Waals surface area contributed by atoms with Crippen molar-refractivity contribution < 1.29 is 71.4 Å². The molecule has 3 heterocycles. The zero-order valence-corrected chi connectivity index (χ0v) is 36.9. The average Bonchev–Trinajstić information content (AvgIpc) is 3.48. The maximum absolute atomic E-state index is 5.41. The Hall–Kier alpha value is 0.174. The summed E-state index contributed by atoms with van der Waals surface area (Å²) >= 11 is 2.37. The fourth-order valence-corrected chi connectivity index (χ4v) is 8.80. The van der Waals surface area contributed by atoms with Crippen LogP contribution in [0.4, 0.5) is 0 Å². The molecule has 0 radical (unpaired) electrons. The third-order valence-corrected chi connectivity index (χ3v) is 11.2. The molecular weight excluding hydrogens is 780 g/mol. The van der Waals surface area contributed by atoms with Crippen molar-refractivity contribution in [2.75, 3.05) is 0 Å². The van der Waals surface area contributed by atoms with Crippen LogP contribution < -0.4 is 50.9 Å². The van der Waals surface area contributed by atoms with E-state index in [0.29, 0.717) is 0 Å². The molecule has 6 nitrogen and oxygen atoms in total. The first-order valence-electron chi connectivity index (χ1n) is 15.2. The van der Waals surface area contributed by atoms with Crippen LogP contribution in [0.25, 0.3) is 0 Å². The Balaban J connectivity index is 0.00000616. The molecule has 0 amide bonds. The van der Waals surface area contributed by atoms with Crippen molar-refractivity contribution >= 4 is 0 Å². The van der Waals surface area contributed by atoms with Crippen LogP contribution in [0, 0.1) is 32.5 Å². The van der Waals surface area contributed by atoms with Gasteiger partial charge in [0.2, 0.25) is 0 Å². The van der Waals surface area contributed by atoms with Crippen molar-refractivity contribution in [3.8, 4) is 0 Å². The standard InChI is InChI=1S/C34H57N6.3BrH.Ti/c1-26(2,3)22-19-32(38-35-22,29(10,11)12)25(33(30(13,14)15)20-23(36-39-33)27(4,5)6)34(31(16,17)18)21-24(37-40-34)28(7,8)9;;;;/h19-21H,1-18H3;3*1H;/q;;;;+3/p-3. The van der Waals surface area contributed by atoms with E-state index in [9.17, 15) is 0 Å². The molecule has 0 saturated carbocycles. The van der Waals surface area contributed by atoms with Gasteiger partial charge in [-0.2, -0.15) is 0 Å². The number of hydrogen-bond acceptors (Lipinski definition) is 6. The van der Waals surface area contributed by atoms with Crippen LogP contribution >= 0.6 is 0 Å². The zero-order valence-electron chi connectivity index (χ0n) is 30.5. The molecule has 3 aliphatic heterocycles. The van der Waals surface area contributed by atoms with Gasteiger partial charge in [0.15, 0.2) is 0 Å². The Morgan fingerprint density at radius 2 is 0.591 bits per heavy atom. The molecule has 248 valence electrons. The van der Waals surface area contributed by atoms with Crippen molar-refractivity contribution in [3.05, 3.63) is 35.3 Å². The Labute approximate surface area is 312 Å². The number of azo groups is 3. The van der Waals surface area contributed by atoms with Gasteiger partial charge in [-0.15, -0.1) is 0 Å². The van der Waals surface area contributed by atoms with E-state index < -0.39 is 20.3 Å². The fraction of sp³-hybridized carbons (Fsp3) is 0.824. The Morgan fingerprint density at radius 3 is 0.705 bits per heavy atom. The van der Waals surface area contributed by atoms with Crippen LogP contribution in [0.1, 0.15) is 125 Å². The topological polar surface area (TPSA) is 74.2 Å². The van der Waals surface area contributed by atoms with Gasteiger partial charge in [0.1, 0.15) is 0 Å². The summed E-state index contributed by atoms with van der Waals surface area (Å²) in [7, 11) is 0. The molecule has 0 aromatic rings. The minimum atomic E-state index is -0.797. The molecule has 10 heteroatoms. The van der Waals surface area contributed by atoms with E-state index in [2.05, 4.69) is 163 Å². The molecule has 0 spiro atoms. The summed E-state index contributed by atoms with van der Waals surface area (Å²) < 4.78 is -0.786. The largest absolute Gasteiger partial charge is 1.00 e. The Bertz CT molecular complexity index is 1120. The van der Waals surface area contributed by atoms with Crippen molar-refractivity contribution in [1.82, 2.24) is 0 Å². The van der Waals surface area contributed by atoms with Crippen LogP contribution in [0.3, 0.4) is 0 Å². The number of nitrogens with zero attached hydrogens (tertiary/aromatic N) is 6. The average molecular weight is 837 g/mol. The van der Waals surface area contributed by atoms with Gasteiger partial charge in [-0.25, -0.2) is 0 Å². The molecule has 0 aliphatic carbocycles. The van der Waals surface area contributed by atoms with Crippen LogP contribution in [-0.4, -0.2) is 16.6 Å². The molecule has 3 unspecified atom stereocenters. The van der Waals surface area contributed by atoms with Crippen LogP contribution in [0.5, 0.6) is 0 Å². The predicted octanol–water partition coefficient (Wildman–Crippen LogP) is 2.25. The molecular formula is C34H57Br3N6Ti. The first-order valence-corrected chi connectivity index (χ1v) is 16.0. The van der Waals surface area contributed by atoms with E-state index in [1.165, 1.54) is 0 Å². The second-order valence-corrected chi connectivity index (χ2v) is 19.9. The molecule has 0 aromatic carbocycles. The van der Waals surface area contributed by atoms with E-state index in [1.807, 2.05) is 0 Å². The van der Waals surface area contributed by atoms with Gasteiger partial charge in [0, 0.05) is 0 Å². The van der Waals surface area contributed by atoms with Gasteiger partial charge >= 0.3 is 264 Å². The summed E-state index contributed by atoms with van der Waals surface area (Å²) in [4.78, 5) is 0.